The number of ether oxygens (including phenoxy) is 2. The molecule has 1 fully saturated rings. The molecule has 0 saturated carbocycles. The van der Waals surface area contributed by atoms with Gasteiger partial charge in [-0.1, -0.05) is 25.1 Å². The van der Waals surface area contributed by atoms with Gasteiger partial charge >= 0.3 is 6.09 Å². The number of halogens is 2. The number of hydrogen-bond acceptors (Lipinski definition) is 7. The molecule has 8 nitrogen and oxygen atoms in total. The molecule has 3 aromatic rings. The average Bonchev–Trinajstić information content (AvgIpc) is 3.14. The van der Waals surface area contributed by atoms with Crippen LogP contribution in [0.3, 0.4) is 0 Å². The summed E-state index contributed by atoms with van der Waals surface area (Å²) >= 11 is 0. The van der Waals surface area contributed by atoms with Gasteiger partial charge < -0.3 is 14.8 Å². The standard InChI is InChI=1S/C23H23F2N5O3/c1-4-16-12-32-23(31)30(16)22-28-14(3)27-21(29-22)26-13(2)20-18(25)10-15(24)11-19(20)33-17-8-6-5-7-9-17/h5-11,13,16H,4,12H2,1-3H3,(H,26,27,28,29)/t13-,16-/m0/s1. The Morgan fingerprint density at radius 3 is 2.70 bits per heavy atom. The normalized spacial score (nSPS) is 16.5. The first kappa shape index (κ1) is 22.4. The van der Waals surface area contributed by atoms with Crippen LogP contribution in [-0.4, -0.2) is 33.7 Å². The van der Waals surface area contributed by atoms with Crippen LogP contribution in [0.2, 0.25) is 0 Å². The molecule has 0 bridgehead atoms. The Hall–Kier alpha value is -3.82. The van der Waals surface area contributed by atoms with E-state index in [0.29, 0.717) is 18.0 Å². The van der Waals surface area contributed by atoms with Gasteiger partial charge in [-0.3, -0.25) is 0 Å². The van der Waals surface area contributed by atoms with Crippen molar-refractivity contribution in [1.82, 2.24) is 15.0 Å². The maximum absolute atomic E-state index is 14.8. The predicted molar refractivity (Wildman–Crippen MR) is 117 cm³/mol. The molecule has 33 heavy (non-hydrogen) atoms. The highest BCUT2D eigenvalue weighted by Crippen LogP contribution is 2.34. The zero-order valence-electron chi connectivity index (χ0n) is 18.4. The van der Waals surface area contributed by atoms with Gasteiger partial charge in [0.2, 0.25) is 11.9 Å². The van der Waals surface area contributed by atoms with Gasteiger partial charge in [-0.25, -0.2) is 18.5 Å². The molecule has 0 aliphatic carbocycles. The van der Waals surface area contributed by atoms with Crippen molar-refractivity contribution < 1.29 is 23.0 Å². The molecule has 4 rings (SSSR count). The van der Waals surface area contributed by atoms with Gasteiger partial charge in [0.1, 0.15) is 35.6 Å². The fraction of sp³-hybridized carbons (Fsp3) is 0.304. The molecule has 1 N–H and O–H groups in total. The fourth-order valence-corrected chi connectivity index (χ4v) is 3.59. The van der Waals surface area contributed by atoms with Crippen LogP contribution in [0.1, 0.15) is 37.7 Å². The lowest BCUT2D eigenvalue weighted by Gasteiger charge is -2.21. The number of anilines is 2. The number of aryl methyl sites for hydroxylation is 1. The van der Waals surface area contributed by atoms with Gasteiger partial charge in [-0.05, 0) is 32.4 Å². The van der Waals surface area contributed by atoms with Gasteiger partial charge in [0.05, 0.1) is 17.6 Å². The molecule has 1 aromatic heterocycles. The third-order valence-electron chi connectivity index (χ3n) is 5.19. The van der Waals surface area contributed by atoms with Crippen LogP contribution in [0.15, 0.2) is 42.5 Å². The predicted octanol–water partition coefficient (Wildman–Crippen LogP) is 5.16. The summed E-state index contributed by atoms with van der Waals surface area (Å²) in [6, 6.07) is 9.72. The molecule has 1 saturated heterocycles. The number of carbonyl (C=O) groups is 1. The maximum atomic E-state index is 14.8. The minimum Gasteiger partial charge on any atom is -0.457 e. The highest BCUT2D eigenvalue weighted by atomic mass is 19.1. The van der Waals surface area contributed by atoms with Gasteiger partial charge in [-0.2, -0.15) is 15.0 Å². The van der Waals surface area contributed by atoms with E-state index in [0.717, 1.165) is 12.1 Å². The number of nitrogens with one attached hydrogen (secondary N) is 1. The second-order valence-corrected chi connectivity index (χ2v) is 7.60. The summed E-state index contributed by atoms with van der Waals surface area (Å²) in [4.78, 5) is 26.4. The molecular formula is C23H23F2N5O3. The van der Waals surface area contributed by atoms with Crippen LogP contribution in [0.4, 0.5) is 25.5 Å². The van der Waals surface area contributed by atoms with Gasteiger partial charge in [-0.15, -0.1) is 0 Å². The van der Waals surface area contributed by atoms with Gasteiger partial charge in [0.25, 0.3) is 0 Å². The Bertz CT molecular complexity index is 1160. The first-order chi connectivity index (χ1) is 15.9. The van der Waals surface area contributed by atoms with Crippen LogP contribution in [0, 0.1) is 18.6 Å². The molecule has 10 heteroatoms. The van der Waals surface area contributed by atoms with E-state index in [9.17, 15) is 13.6 Å². The van der Waals surface area contributed by atoms with Crippen LogP contribution >= 0.6 is 0 Å². The Morgan fingerprint density at radius 2 is 1.97 bits per heavy atom. The van der Waals surface area contributed by atoms with Crippen LogP contribution in [-0.2, 0) is 4.74 Å². The molecule has 2 aromatic carbocycles. The summed E-state index contributed by atoms with van der Waals surface area (Å²) in [5.41, 5.74) is 0.104. The Balaban J connectivity index is 1.64. The molecule has 2 atom stereocenters. The van der Waals surface area contributed by atoms with Crippen molar-refractivity contribution >= 4 is 18.0 Å². The van der Waals surface area contributed by atoms with E-state index in [1.54, 1.807) is 38.1 Å². The third-order valence-corrected chi connectivity index (χ3v) is 5.19. The smallest absolute Gasteiger partial charge is 0.417 e. The van der Waals surface area contributed by atoms with Crippen molar-refractivity contribution in [3.05, 3.63) is 65.5 Å². The first-order valence-electron chi connectivity index (χ1n) is 10.5. The minimum atomic E-state index is -0.777. The molecule has 0 unspecified atom stereocenters. The number of benzene rings is 2. The molecule has 1 amide bonds. The SMILES string of the molecule is CC[C@H]1COC(=O)N1c1nc(C)nc(N[C@@H](C)c2c(F)cc(F)cc2Oc2ccccc2)n1. The second-order valence-electron chi connectivity index (χ2n) is 7.60. The van der Waals surface area contributed by atoms with Crippen LogP contribution in [0.25, 0.3) is 0 Å². The Labute approximate surface area is 189 Å². The van der Waals surface area contributed by atoms with E-state index in [2.05, 4.69) is 20.3 Å². The molecule has 2 heterocycles. The monoisotopic (exact) mass is 455 g/mol. The number of carbonyl (C=O) groups excluding carboxylic acids is 1. The van der Waals surface area contributed by atoms with E-state index in [1.165, 1.54) is 4.90 Å². The molecule has 0 spiro atoms. The summed E-state index contributed by atoms with van der Waals surface area (Å²) in [5, 5.41) is 3.01. The number of aromatic nitrogens is 3. The zero-order valence-corrected chi connectivity index (χ0v) is 18.4. The van der Waals surface area contributed by atoms with Crippen molar-refractivity contribution in [2.24, 2.45) is 0 Å². The highest BCUT2D eigenvalue weighted by Gasteiger charge is 2.35. The van der Waals surface area contributed by atoms with E-state index in [1.807, 2.05) is 13.0 Å². The summed E-state index contributed by atoms with van der Waals surface area (Å²) in [6.45, 7) is 5.51. The third kappa shape index (κ3) is 4.84. The summed E-state index contributed by atoms with van der Waals surface area (Å²) in [6.07, 6.45) is 0.131. The fourth-order valence-electron chi connectivity index (χ4n) is 3.59. The van der Waals surface area contributed by atoms with Crippen molar-refractivity contribution in [2.75, 3.05) is 16.8 Å². The Morgan fingerprint density at radius 1 is 1.21 bits per heavy atom. The van der Waals surface area contributed by atoms with Gasteiger partial charge in [0.15, 0.2) is 0 Å². The summed E-state index contributed by atoms with van der Waals surface area (Å²) in [5.74, 6) is -0.427. The first-order valence-corrected chi connectivity index (χ1v) is 10.5. The maximum Gasteiger partial charge on any atom is 0.417 e. The van der Waals surface area contributed by atoms with Crippen molar-refractivity contribution in [1.29, 1.82) is 0 Å². The van der Waals surface area contributed by atoms with Crippen molar-refractivity contribution in [3.8, 4) is 11.5 Å². The van der Waals surface area contributed by atoms with Crippen molar-refractivity contribution in [3.63, 3.8) is 0 Å². The highest BCUT2D eigenvalue weighted by molar-refractivity contribution is 5.88. The van der Waals surface area contributed by atoms with Crippen LogP contribution < -0.4 is 15.0 Å². The lowest BCUT2D eigenvalue weighted by Crippen LogP contribution is -2.34. The average molecular weight is 455 g/mol. The second kappa shape index (κ2) is 9.35. The molecule has 172 valence electrons. The number of cyclic esters (lactones) is 1. The quantitative estimate of drug-likeness (QED) is 0.526. The lowest BCUT2D eigenvalue weighted by molar-refractivity contribution is 0.178. The number of hydrogen-bond donors (Lipinski definition) is 1. The number of rotatable bonds is 7. The molecule has 1 aliphatic rings. The van der Waals surface area contributed by atoms with E-state index >= 15 is 0 Å². The van der Waals surface area contributed by atoms with Crippen molar-refractivity contribution in [2.45, 2.75) is 39.3 Å². The van der Waals surface area contributed by atoms with Gasteiger partial charge in [0, 0.05) is 12.1 Å². The van der Waals surface area contributed by atoms with Crippen LogP contribution in [0.5, 0.6) is 11.5 Å². The zero-order chi connectivity index (χ0) is 23.5. The lowest BCUT2D eigenvalue weighted by atomic mass is 10.1. The van der Waals surface area contributed by atoms with E-state index in [4.69, 9.17) is 9.47 Å². The minimum absolute atomic E-state index is 0.0267. The number of nitrogens with zero attached hydrogens (tertiary/aromatic N) is 4. The van der Waals surface area contributed by atoms with E-state index < -0.39 is 23.8 Å². The number of para-hydroxylation sites is 1. The number of amides is 1. The topological polar surface area (TPSA) is 89.5 Å². The molecule has 1 aliphatic heterocycles. The Kier molecular flexibility index (Phi) is 6.34. The molecular weight excluding hydrogens is 432 g/mol. The van der Waals surface area contributed by atoms with E-state index in [-0.39, 0.29) is 35.9 Å². The summed E-state index contributed by atoms with van der Waals surface area (Å²) < 4.78 is 39.7. The summed E-state index contributed by atoms with van der Waals surface area (Å²) in [7, 11) is 0. The largest absolute Gasteiger partial charge is 0.457 e. The molecule has 0 radical (unpaired) electrons.